The molecule has 0 aromatic heterocycles. The summed E-state index contributed by atoms with van der Waals surface area (Å²) in [5, 5.41) is 0. The lowest BCUT2D eigenvalue weighted by atomic mass is 10.0. The van der Waals surface area contributed by atoms with Crippen LogP contribution in [0.25, 0.3) is 0 Å². The van der Waals surface area contributed by atoms with E-state index in [1.54, 1.807) is 0 Å². The van der Waals surface area contributed by atoms with Gasteiger partial charge in [-0.25, -0.2) is 0 Å². The lowest BCUT2D eigenvalue weighted by molar-refractivity contribution is 0.235. The third-order valence-corrected chi connectivity index (χ3v) is 3.23. The Bertz CT molecular complexity index is 215. The van der Waals surface area contributed by atoms with Gasteiger partial charge in [0.15, 0.2) is 0 Å². The van der Waals surface area contributed by atoms with Gasteiger partial charge in [-0.1, -0.05) is 26.8 Å². The summed E-state index contributed by atoms with van der Waals surface area (Å²) in [5.41, 5.74) is 1.17. The molecule has 1 saturated heterocycles. The maximum Gasteiger partial charge on any atom is 0.0912 e. The van der Waals surface area contributed by atoms with Crippen molar-refractivity contribution in [2.75, 3.05) is 19.8 Å². The van der Waals surface area contributed by atoms with Crippen LogP contribution < -0.4 is 0 Å². The largest absolute Gasteiger partial charge is 0.284 e. The Morgan fingerprint density at radius 1 is 1.40 bits per heavy atom. The Morgan fingerprint density at radius 3 is 2.60 bits per heavy atom. The zero-order valence-electron chi connectivity index (χ0n) is 10.2. The van der Waals surface area contributed by atoms with Crippen molar-refractivity contribution in [3.8, 4) is 0 Å². The number of rotatable bonds is 5. The van der Waals surface area contributed by atoms with E-state index in [-0.39, 0.29) is 0 Å². The molecule has 0 aromatic rings. The molecule has 0 N–H and O–H groups in total. The van der Waals surface area contributed by atoms with Crippen LogP contribution in [0.4, 0.5) is 0 Å². The SMILES string of the molecule is C=CC(=NCN1CCCCC1)C(C)CC. The number of aliphatic imine (C=N–C) groups is 1. The van der Waals surface area contributed by atoms with Crippen molar-refractivity contribution < 1.29 is 0 Å². The molecule has 2 heteroatoms. The molecule has 1 aliphatic rings. The topological polar surface area (TPSA) is 15.6 Å². The predicted octanol–water partition coefficient (Wildman–Crippen LogP) is 3.10. The Hall–Kier alpha value is -0.630. The maximum atomic E-state index is 4.66. The molecule has 0 saturated carbocycles. The van der Waals surface area contributed by atoms with Crippen LogP contribution in [-0.2, 0) is 0 Å². The summed E-state index contributed by atoms with van der Waals surface area (Å²) >= 11 is 0. The van der Waals surface area contributed by atoms with Crippen molar-refractivity contribution in [3.63, 3.8) is 0 Å². The molecule has 0 amide bonds. The number of likely N-dealkylation sites (tertiary alicyclic amines) is 1. The summed E-state index contributed by atoms with van der Waals surface area (Å²) in [6.45, 7) is 11.6. The van der Waals surface area contributed by atoms with Crippen LogP contribution in [0.2, 0.25) is 0 Å². The second kappa shape index (κ2) is 6.78. The van der Waals surface area contributed by atoms with Crippen molar-refractivity contribution >= 4 is 5.71 Å². The fourth-order valence-corrected chi connectivity index (χ4v) is 1.91. The summed E-state index contributed by atoms with van der Waals surface area (Å²) in [5.74, 6) is 0.548. The van der Waals surface area contributed by atoms with Gasteiger partial charge in [0.25, 0.3) is 0 Å². The minimum absolute atomic E-state index is 0.548. The quantitative estimate of drug-likeness (QED) is 0.634. The molecule has 0 bridgehead atoms. The molecule has 86 valence electrons. The van der Waals surface area contributed by atoms with Gasteiger partial charge in [0.1, 0.15) is 0 Å². The van der Waals surface area contributed by atoms with E-state index in [2.05, 4.69) is 30.3 Å². The minimum atomic E-state index is 0.548. The standard InChI is InChI=1S/C13H24N2/c1-4-12(3)13(5-2)14-11-15-9-7-6-8-10-15/h5,12H,2,4,6-11H2,1,3H3. The van der Waals surface area contributed by atoms with E-state index in [9.17, 15) is 0 Å². The minimum Gasteiger partial charge on any atom is -0.284 e. The number of hydrogen-bond donors (Lipinski definition) is 0. The first-order valence-electron chi connectivity index (χ1n) is 6.17. The van der Waals surface area contributed by atoms with Crippen molar-refractivity contribution in [2.45, 2.75) is 39.5 Å². The van der Waals surface area contributed by atoms with E-state index in [4.69, 9.17) is 0 Å². The monoisotopic (exact) mass is 208 g/mol. The van der Waals surface area contributed by atoms with Gasteiger partial charge in [0.2, 0.25) is 0 Å². The highest BCUT2D eigenvalue weighted by Crippen LogP contribution is 2.10. The summed E-state index contributed by atoms with van der Waals surface area (Å²) < 4.78 is 0. The first-order chi connectivity index (χ1) is 7.27. The molecule has 1 fully saturated rings. The van der Waals surface area contributed by atoms with Gasteiger partial charge in [-0.3, -0.25) is 9.89 Å². The van der Waals surface area contributed by atoms with E-state index in [1.165, 1.54) is 38.1 Å². The zero-order valence-corrected chi connectivity index (χ0v) is 10.2. The zero-order chi connectivity index (χ0) is 11.1. The third-order valence-electron chi connectivity index (χ3n) is 3.23. The molecule has 1 unspecified atom stereocenters. The molecule has 0 aliphatic carbocycles. The van der Waals surface area contributed by atoms with Crippen molar-refractivity contribution in [1.82, 2.24) is 4.90 Å². The summed E-state index contributed by atoms with van der Waals surface area (Å²) in [7, 11) is 0. The van der Waals surface area contributed by atoms with Gasteiger partial charge >= 0.3 is 0 Å². The Balaban J connectivity index is 2.41. The molecule has 15 heavy (non-hydrogen) atoms. The van der Waals surface area contributed by atoms with E-state index in [0.717, 1.165) is 13.1 Å². The second-order valence-corrected chi connectivity index (χ2v) is 4.42. The average molecular weight is 208 g/mol. The highest BCUT2D eigenvalue weighted by molar-refractivity contribution is 5.96. The van der Waals surface area contributed by atoms with Crippen LogP contribution in [0, 0.1) is 5.92 Å². The maximum absolute atomic E-state index is 4.66. The first-order valence-corrected chi connectivity index (χ1v) is 6.17. The van der Waals surface area contributed by atoms with Gasteiger partial charge in [-0.15, -0.1) is 0 Å². The van der Waals surface area contributed by atoms with Gasteiger partial charge < -0.3 is 0 Å². The molecule has 2 nitrogen and oxygen atoms in total. The molecule has 0 spiro atoms. The fraction of sp³-hybridized carbons (Fsp3) is 0.769. The Morgan fingerprint density at radius 2 is 2.07 bits per heavy atom. The van der Waals surface area contributed by atoms with Crippen LogP contribution >= 0.6 is 0 Å². The van der Waals surface area contributed by atoms with Crippen molar-refractivity contribution in [1.29, 1.82) is 0 Å². The van der Waals surface area contributed by atoms with Crippen molar-refractivity contribution in [2.24, 2.45) is 10.9 Å². The molecule has 1 atom stereocenters. The van der Waals surface area contributed by atoms with Crippen LogP contribution in [0.5, 0.6) is 0 Å². The Kier molecular flexibility index (Phi) is 5.62. The lowest BCUT2D eigenvalue weighted by Crippen LogP contribution is -2.30. The summed E-state index contributed by atoms with van der Waals surface area (Å²) in [4.78, 5) is 7.10. The van der Waals surface area contributed by atoms with E-state index in [1.807, 2.05) is 6.08 Å². The highest BCUT2D eigenvalue weighted by Gasteiger charge is 2.10. The molecule has 1 aliphatic heterocycles. The van der Waals surface area contributed by atoms with Crippen molar-refractivity contribution in [3.05, 3.63) is 12.7 Å². The van der Waals surface area contributed by atoms with E-state index in [0.29, 0.717) is 5.92 Å². The number of piperidine rings is 1. The molecule has 0 radical (unpaired) electrons. The average Bonchev–Trinajstić information content (AvgIpc) is 2.31. The fourth-order valence-electron chi connectivity index (χ4n) is 1.91. The van der Waals surface area contributed by atoms with Gasteiger partial charge in [-0.2, -0.15) is 0 Å². The molecule has 1 rings (SSSR count). The van der Waals surface area contributed by atoms with Gasteiger partial charge in [-0.05, 0) is 44.3 Å². The van der Waals surface area contributed by atoms with Crippen LogP contribution in [0.15, 0.2) is 17.6 Å². The van der Waals surface area contributed by atoms with E-state index < -0.39 is 0 Å². The number of allylic oxidation sites excluding steroid dienone is 1. The Labute approximate surface area is 94.1 Å². The van der Waals surface area contributed by atoms with Gasteiger partial charge in [0.05, 0.1) is 6.67 Å². The smallest absolute Gasteiger partial charge is 0.0912 e. The van der Waals surface area contributed by atoms with Crippen LogP contribution in [0.1, 0.15) is 39.5 Å². The number of hydrogen-bond acceptors (Lipinski definition) is 2. The molecular weight excluding hydrogens is 184 g/mol. The summed E-state index contributed by atoms with van der Waals surface area (Å²) in [6.07, 6.45) is 7.12. The second-order valence-electron chi connectivity index (χ2n) is 4.42. The molecular formula is C13H24N2. The van der Waals surface area contributed by atoms with Gasteiger partial charge in [0, 0.05) is 5.71 Å². The highest BCUT2D eigenvalue weighted by atomic mass is 15.2. The first kappa shape index (κ1) is 12.4. The lowest BCUT2D eigenvalue weighted by Gasteiger charge is -2.25. The van der Waals surface area contributed by atoms with Crippen LogP contribution in [0.3, 0.4) is 0 Å². The molecule has 1 heterocycles. The molecule has 0 aromatic carbocycles. The number of nitrogens with zero attached hydrogens (tertiary/aromatic N) is 2. The van der Waals surface area contributed by atoms with E-state index >= 15 is 0 Å². The summed E-state index contributed by atoms with van der Waals surface area (Å²) in [6, 6.07) is 0. The third kappa shape index (κ3) is 4.17. The normalized spacial score (nSPS) is 21.3. The van der Waals surface area contributed by atoms with Crippen LogP contribution in [-0.4, -0.2) is 30.4 Å². The predicted molar refractivity (Wildman–Crippen MR) is 67.4 cm³/mol.